The third-order valence-electron chi connectivity index (χ3n) is 0.747. The van der Waals surface area contributed by atoms with Crippen LogP contribution in [0, 0.1) is 0 Å². The largest absolute Gasteiger partial charge is 0.524 e. The molecule has 0 unspecified atom stereocenters. The van der Waals surface area contributed by atoms with Gasteiger partial charge in [-0.2, -0.15) is 8.78 Å². The lowest BCUT2D eigenvalue weighted by Crippen LogP contribution is -2.37. The summed E-state index contributed by atoms with van der Waals surface area (Å²) in [5, 5.41) is 0. The van der Waals surface area contributed by atoms with Gasteiger partial charge in [0.15, 0.2) is 6.67 Å². The molecule has 0 aromatic heterocycles. The summed E-state index contributed by atoms with van der Waals surface area (Å²) in [5.41, 5.74) is -3.04. The fourth-order valence-electron chi connectivity index (χ4n) is 0.264. The molecule has 0 aliphatic rings. The maximum absolute atomic E-state index is 11.9. The van der Waals surface area contributed by atoms with Gasteiger partial charge >= 0.3 is 12.3 Å². The molecular weight excluding hydrogens is 213 g/mol. The lowest BCUT2D eigenvalue weighted by molar-refractivity contribution is -0.350. The van der Waals surface area contributed by atoms with Crippen LogP contribution in [0.1, 0.15) is 0 Å². The number of ether oxygens (including phenoxy) is 1. The lowest BCUT2D eigenvalue weighted by atomic mass is 10.4. The van der Waals surface area contributed by atoms with Gasteiger partial charge in [0.05, 0.1) is 0 Å². The van der Waals surface area contributed by atoms with Gasteiger partial charge in [-0.15, -0.1) is 13.2 Å². The number of halogens is 7. The van der Waals surface area contributed by atoms with E-state index in [0.29, 0.717) is 0 Å². The second-order valence-corrected chi connectivity index (χ2v) is 2.17. The average molecular weight is 217 g/mol. The molecule has 0 aliphatic heterocycles. The number of alkyl halides is 7. The van der Waals surface area contributed by atoms with E-state index in [9.17, 15) is 26.3 Å². The summed E-state index contributed by atoms with van der Waals surface area (Å²) >= 11 is 4.43. The van der Waals surface area contributed by atoms with Crippen LogP contribution < -0.4 is 0 Å². The van der Waals surface area contributed by atoms with E-state index in [1.54, 1.807) is 0 Å². The summed E-state index contributed by atoms with van der Waals surface area (Å²) in [7, 11) is 0. The maximum atomic E-state index is 11.9. The van der Waals surface area contributed by atoms with Crippen molar-refractivity contribution in [2.75, 3.05) is 6.67 Å². The van der Waals surface area contributed by atoms with Gasteiger partial charge in [0.25, 0.3) is 0 Å². The minimum atomic E-state index is -5.30. The van der Waals surface area contributed by atoms with Gasteiger partial charge < -0.3 is 0 Å². The zero-order valence-electron chi connectivity index (χ0n) is 5.34. The van der Waals surface area contributed by atoms with Gasteiger partial charge in [-0.05, 0) is 0 Å². The van der Waals surface area contributed by atoms with Crippen molar-refractivity contribution < 1.29 is 31.1 Å². The summed E-state index contributed by atoms with van der Waals surface area (Å²) in [6, 6.07) is 0. The van der Waals surface area contributed by atoms with E-state index >= 15 is 0 Å². The molecule has 0 bridgehead atoms. The Morgan fingerprint density at radius 1 is 1.17 bits per heavy atom. The van der Waals surface area contributed by atoms with Gasteiger partial charge in [0, 0.05) is 0 Å². The maximum Gasteiger partial charge on any atom is 0.524 e. The number of hydrogen-bond acceptors (Lipinski definition) is 1. The van der Waals surface area contributed by atoms with Crippen molar-refractivity contribution >= 4 is 11.6 Å². The minimum Gasteiger partial charge on any atom is -0.266 e. The van der Waals surface area contributed by atoms with Crippen LogP contribution in [0.4, 0.5) is 26.3 Å². The fourth-order valence-corrected chi connectivity index (χ4v) is 0.424. The SMILES string of the molecule is FCC(F)(F)[C@H](Cl)OC(F)(F)F. The van der Waals surface area contributed by atoms with Crippen molar-refractivity contribution in [1.29, 1.82) is 0 Å². The molecule has 12 heavy (non-hydrogen) atoms. The quantitative estimate of drug-likeness (QED) is 0.521. The first kappa shape index (κ1) is 11.8. The first-order valence-corrected chi connectivity index (χ1v) is 2.95. The molecule has 0 heterocycles. The molecule has 0 N–H and O–H groups in total. The van der Waals surface area contributed by atoms with E-state index in [1.807, 2.05) is 0 Å². The third kappa shape index (κ3) is 4.01. The Bertz CT molecular complexity index is 145. The van der Waals surface area contributed by atoms with E-state index < -0.39 is 24.5 Å². The Labute approximate surface area is 68.2 Å². The van der Waals surface area contributed by atoms with Crippen LogP contribution in [-0.2, 0) is 4.74 Å². The van der Waals surface area contributed by atoms with Crippen molar-refractivity contribution in [2.45, 2.75) is 17.8 Å². The molecule has 0 aliphatic carbocycles. The molecule has 0 amide bonds. The molecule has 1 atom stereocenters. The van der Waals surface area contributed by atoms with E-state index in [-0.39, 0.29) is 0 Å². The highest BCUT2D eigenvalue weighted by molar-refractivity contribution is 6.20. The Kier molecular flexibility index (Phi) is 3.64. The predicted octanol–water partition coefficient (Wildman–Crippen LogP) is 2.69. The Morgan fingerprint density at radius 3 is 1.83 bits per heavy atom. The second-order valence-electron chi connectivity index (χ2n) is 1.77. The van der Waals surface area contributed by atoms with Crippen LogP contribution in [-0.4, -0.2) is 24.5 Å². The fraction of sp³-hybridized carbons (Fsp3) is 1.00. The second kappa shape index (κ2) is 3.69. The highest BCUT2D eigenvalue weighted by Crippen LogP contribution is 2.30. The Hall–Kier alpha value is -0.170. The van der Waals surface area contributed by atoms with Gasteiger partial charge in [0.1, 0.15) is 0 Å². The first-order valence-electron chi connectivity index (χ1n) is 2.51. The van der Waals surface area contributed by atoms with E-state index in [2.05, 4.69) is 16.3 Å². The molecule has 8 heteroatoms. The highest BCUT2D eigenvalue weighted by Gasteiger charge is 2.46. The Balaban J connectivity index is 4.13. The van der Waals surface area contributed by atoms with Crippen LogP contribution >= 0.6 is 11.6 Å². The summed E-state index contributed by atoms with van der Waals surface area (Å²) in [4.78, 5) is 0. The van der Waals surface area contributed by atoms with Gasteiger partial charge in [-0.3, -0.25) is 4.74 Å². The first-order chi connectivity index (χ1) is 5.19. The van der Waals surface area contributed by atoms with Crippen LogP contribution in [0.15, 0.2) is 0 Å². The van der Waals surface area contributed by atoms with E-state index in [1.165, 1.54) is 0 Å². The molecule has 0 rings (SSSR count). The lowest BCUT2D eigenvalue weighted by Gasteiger charge is -2.19. The molecule has 74 valence electrons. The molecule has 0 aromatic rings. The van der Waals surface area contributed by atoms with Crippen LogP contribution in [0.2, 0.25) is 0 Å². The van der Waals surface area contributed by atoms with Gasteiger partial charge in [-0.1, -0.05) is 11.6 Å². The van der Waals surface area contributed by atoms with Crippen molar-refractivity contribution in [3.8, 4) is 0 Å². The van der Waals surface area contributed by atoms with E-state index in [0.717, 1.165) is 0 Å². The third-order valence-corrected chi connectivity index (χ3v) is 1.16. The average Bonchev–Trinajstić information content (AvgIpc) is 1.84. The molecule has 0 radical (unpaired) electrons. The standard InChI is InChI=1S/C4H3ClF6O/c5-2(3(7,8)1-6)12-4(9,10)11/h2H,1H2/t2-/m1/s1. The smallest absolute Gasteiger partial charge is 0.266 e. The molecule has 0 saturated carbocycles. The molecule has 0 spiro atoms. The minimum absolute atomic E-state index is 2.31. The van der Waals surface area contributed by atoms with Crippen LogP contribution in [0.5, 0.6) is 0 Å². The van der Waals surface area contributed by atoms with E-state index in [4.69, 9.17) is 0 Å². The molecule has 0 fully saturated rings. The predicted molar refractivity (Wildman–Crippen MR) is 27.7 cm³/mol. The summed E-state index contributed by atoms with van der Waals surface area (Å²) in [6.45, 7) is -2.31. The van der Waals surface area contributed by atoms with Gasteiger partial charge in [-0.25, -0.2) is 4.39 Å². The zero-order chi connectivity index (χ0) is 9.99. The normalized spacial score (nSPS) is 16.2. The highest BCUT2D eigenvalue weighted by atomic mass is 35.5. The van der Waals surface area contributed by atoms with Crippen LogP contribution in [0.25, 0.3) is 0 Å². The summed E-state index contributed by atoms with van der Waals surface area (Å²) < 4.78 is 71.5. The van der Waals surface area contributed by atoms with Gasteiger partial charge in [0.2, 0.25) is 5.56 Å². The van der Waals surface area contributed by atoms with Crippen molar-refractivity contribution in [3.05, 3.63) is 0 Å². The summed E-state index contributed by atoms with van der Waals surface area (Å²) in [6.07, 6.45) is -5.30. The van der Waals surface area contributed by atoms with Crippen molar-refractivity contribution in [1.82, 2.24) is 0 Å². The monoisotopic (exact) mass is 216 g/mol. The summed E-state index contributed by atoms with van der Waals surface area (Å²) in [5.74, 6) is -4.34. The molecular formula is C4H3ClF6O. The molecule has 0 aromatic carbocycles. The van der Waals surface area contributed by atoms with Crippen LogP contribution in [0.3, 0.4) is 0 Å². The zero-order valence-corrected chi connectivity index (χ0v) is 6.09. The Morgan fingerprint density at radius 2 is 1.58 bits per heavy atom. The molecule has 1 nitrogen and oxygen atoms in total. The van der Waals surface area contributed by atoms with Crippen molar-refractivity contribution in [3.63, 3.8) is 0 Å². The number of hydrogen-bond donors (Lipinski definition) is 0. The number of rotatable bonds is 3. The topological polar surface area (TPSA) is 9.23 Å². The molecule has 0 saturated heterocycles. The van der Waals surface area contributed by atoms with Crippen molar-refractivity contribution in [2.24, 2.45) is 0 Å².